The maximum absolute atomic E-state index is 10.7. The molecule has 0 nitrogen and oxygen atoms in total. The van der Waals surface area contributed by atoms with Crippen LogP contribution in [0.1, 0.15) is 12.6 Å². The van der Waals surface area contributed by atoms with Gasteiger partial charge in [0.15, 0.2) is 0 Å². The number of rotatable bonds is 0. The molecule has 0 bridgehead atoms. The molecule has 0 aliphatic heterocycles. The molecule has 0 unspecified atom stereocenters. The first-order chi connectivity index (χ1) is 6.25. The molecule has 0 radical (unpaired) electrons. The van der Waals surface area contributed by atoms with Crippen molar-refractivity contribution in [3.05, 3.63) is 35.4 Å². The molecule has 0 saturated carbocycles. The van der Waals surface area contributed by atoms with Crippen LogP contribution in [0.15, 0.2) is 24.3 Å². The van der Waals surface area contributed by atoms with E-state index in [0.717, 1.165) is 0 Å². The topological polar surface area (TPSA) is 0 Å². The molecular formula is C8H11F6P. The quantitative estimate of drug-likeness (QED) is 0.404. The van der Waals surface area contributed by atoms with Crippen molar-refractivity contribution in [2.75, 3.05) is 0 Å². The van der Waals surface area contributed by atoms with Crippen molar-refractivity contribution in [1.29, 1.82) is 0 Å². The summed E-state index contributed by atoms with van der Waals surface area (Å²) in [7, 11) is -10.7. The summed E-state index contributed by atoms with van der Waals surface area (Å²) in [5.41, 5.74) is 2.74. The van der Waals surface area contributed by atoms with Crippen LogP contribution < -0.4 is 0 Å². The van der Waals surface area contributed by atoms with Gasteiger partial charge in [-0.2, -0.15) is 0 Å². The molecule has 15 heavy (non-hydrogen) atoms. The van der Waals surface area contributed by atoms with Crippen LogP contribution in [-0.4, -0.2) is 0 Å². The first-order valence-corrected chi connectivity index (χ1v) is 5.87. The third-order valence-electron chi connectivity index (χ3n) is 1.43. The Morgan fingerprint density at radius 1 is 0.800 bits per heavy atom. The molecule has 0 N–H and O–H groups in total. The third-order valence-corrected chi connectivity index (χ3v) is 1.43. The van der Waals surface area contributed by atoms with Crippen LogP contribution in [0.2, 0.25) is 0 Å². The number of halogens is 6. The summed E-state index contributed by atoms with van der Waals surface area (Å²) >= 11 is 0. The minimum atomic E-state index is -10.7. The predicted octanol–water partition coefficient (Wildman–Crippen LogP) is 5.80. The zero-order chi connectivity index (χ0) is 12.4. The molecule has 7 heteroatoms. The van der Waals surface area contributed by atoms with Gasteiger partial charge in [-0.3, -0.25) is 0 Å². The fraction of sp³-hybridized carbons (Fsp3) is 0.250. The van der Waals surface area contributed by atoms with Gasteiger partial charge in [-0.05, 0) is 25.0 Å². The van der Waals surface area contributed by atoms with E-state index in [-0.39, 0.29) is 1.43 Å². The van der Waals surface area contributed by atoms with Crippen molar-refractivity contribution in [3.63, 3.8) is 0 Å². The van der Waals surface area contributed by atoms with Crippen molar-refractivity contribution in [2.24, 2.45) is 0 Å². The molecule has 0 spiro atoms. The molecule has 0 amide bonds. The largest absolute Gasteiger partial charge is 1.00 e. The van der Waals surface area contributed by atoms with Crippen molar-refractivity contribution >= 4 is 7.81 Å². The van der Waals surface area contributed by atoms with E-state index < -0.39 is 7.81 Å². The van der Waals surface area contributed by atoms with Crippen LogP contribution in [0.3, 0.4) is 0 Å². The summed E-state index contributed by atoms with van der Waals surface area (Å²) in [4.78, 5) is 0. The van der Waals surface area contributed by atoms with Crippen LogP contribution in [0.4, 0.5) is 25.2 Å². The maximum atomic E-state index is 9.87. The smallest absolute Gasteiger partial charge is 1.00 e. The van der Waals surface area contributed by atoms with Gasteiger partial charge in [-0.25, -0.2) is 0 Å². The normalized spacial score (nSPS) is 15.7. The second kappa shape index (κ2) is 3.37. The minimum absolute atomic E-state index is 0. The average molecular weight is 252 g/mol. The van der Waals surface area contributed by atoms with Gasteiger partial charge in [-0.15, -0.1) is 0 Å². The van der Waals surface area contributed by atoms with E-state index in [1.54, 1.807) is 0 Å². The molecule has 0 fully saturated rings. The number of hydrogen-bond donors (Lipinski definition) is 0. The Balaban J connectivity index is 0. The SMILES string of the molecule is Cc1ccccc1C.F[P-](F)(F)(F)(F)F.[H+]. The second-order valence-electron chi connectivity index (χ2n) is 3.04. The summed E-state index contributed by atoms with van der Waals surface area (Å²) in [6.45, 7) is 4.24. The monoisotopic (exact) mass is 252 g/mol. The first-order valence-electron chi connectivity index (χ1n) is 3.84. The van der Waals surface area contributed by atoms with Gasteiger partial charge in [-0.1, -0.05) is 24.3 Å². The van der Waals surface area contributed by atoms with Crippen LogP contribution >= 0.6 is 7.81 Å². The molecule has 1 rings (SSSR count). The molecule has 0 heterocycles. The van der Waals surface area contributed by atoms with Gasteiger partial charge in [0.05, 0.1) is 0 Å². The van der Waals surface area contributed by atoms with Gasteiger partial charge < -0.3 is 0 Å². The van der Waals surface area contributed by atoms with Gasteiger partial charge in [0.25, 0.3) is 0 Å². The maximum Gasteiger partial charge on any atom is 1.00 e. The second-order valence-corrected chi connectivity index (χ2v) is 4.96. The number of hydrogen-bond acceptors (Lipinski definition) is 0. The Hall–Kier alpha value is -0.770. The van der Waals surface area contributed by atoms with E-state index >= 15 is 0 Å². The van der Waals surface area contributed by atoms with Crippen molar-refractivity contribution in [2.45, 2.75) is 13.8 Å². The zero-order valence-corrected chi connectivity index (χ0v) is 8.92. The average Bonchev–Trinajstić information content (AvgIpc) is 1.88. The molecular weight excluding hydrogens is 241 g/mol. The van der Waals surface area contributed by atoms with E-state index in [0.29, 0.717) is 0 Å². The minimum Gasteiger partial charge on any atom is 1.00 e. The molecule has 90 valence electrons. The van der Waals surface area contributed by atoms with Crippen LogP contribution in [0.25, 0.3) is 0 Å². The molecule has 1 aromatic carbocycles. The molecule has 0 aliphatic rings. The number of aryl methyl sites for hydroxylation is 2. The fourth-order valence-electron chi connectivity index (χ4n) is 0.663. The summed E-state index contributed by atoms with van der Waals surface area (Å²) in [5, 5.41) is 0. The van der Waals surface area contributed by atoms with E-state index in [1.165, 1.54) is 11.1 Å². The Morgan fingerprint density at radius 3 is 1.13 bits per heavy atom. The predicted molar refractivity (Wildman–Crippen MR) is 50.6 cm³/mol. The van der Waals surface area contributed by atoms with Gasteiger partial charge in [0, 0.05) is 0 Å². The van der Waals surface area contributed by atoms with Gasteiger partial charge in [0.2, 0.25) is 0 Å². The summed E-state index contributed by atoms with van der Waals surface area (Å²) in [6, 6.07) is 8.36. The molecule has 0 aromatic heterocycles. The Morgan fingerprint density at radius 2 is 1.00 bits per heavy atom. The Kier molecular flexibility index (Phi) is 3.20. The molecule has 0 aliphatic carbocycles. The first kappa shape index (κ1) is 14.2. The van der Waals surface area contributed by atoms with Crippen LogP contribution in [-0.2, 0) is 0 Å². The third kappa shape index (κ3) is 15.9. The van der Waals surface area contributed by atoms with Crippen molar-refractivity contribution < 1.29 is 26.6 Å². The zero-order valence-electron chi connectivity index (χ0n) is 9.02. The van der Waals surface area contributed by atoms with Gasteiger partial charge >= 0.3 is 34.4 Å². The summed E-state index contributed by atoms with van der Waals surface area (Å²) < 4.78 is 59.2. The van der Waals surface area contributed by atoms with E-state index in [9.17, 15) is 25.2 Å². The summed E-state index contributed by atoms with van der Waals surface area (Å²) in [5.74, 6) is 0. The Bertz CT molecular complexity index is 311. The molecule has 1 aromatic rings. The van der Waals surface area contributed by atoms with Gasteiger partial charge in [0.1, 0.15) is 0 Å². The van der Waals surface area contributed by atoms with E-state index in [2.05, 4.69) is 38.1 Å². The van der Waals surface area contributed by atoms with E-state index in [1.807, 2.05) is 0 Å². The fourth-order valence-corrected chi connectivity index (χ4v) is 0.663. The van der Waals surface area contributed by atoms with Crippen molar-refractivity contribution in [3.8, 4) is 0 Å². The van der Waals surface area contributed by atoms with Crippen LogP contribution in [0, 0.1) is 13.8 Å². The van der Waals surface area contributed by atoms with E-state index in [4.69, 9.17) is 0 Å². The standard InChI is InChI=1S/C8H10.F6P/c1-7-5-3-4-6-8(7)2;1-7(2,3,4,5)6/h3-6H,1-2H3;/q;-1/p+1. The summed E-state index contributed by atoms with van der Waals surface area (Å²) in [6.07, 6.45) is 0. The number of benzene rings is 1. The molecule has 0 atom stereocenters. The van der Waals surface area contributed by atoms with Crippen LogP contribution in [0.5, 0.6) is 0 Å². The van der Waals surface area contributed by atoms with Crippen molar-refractivity contribution in [1.82, 2.24) is 0 Å². The Labute approximate surface area is 84.6 Å². The molecule has 0 saturated heterocycles.